The van der Waals surface area contributed by atoms with Crippen LogP contribution in [0.3, 0.4) is 0 Å². The Hall–Kier alpha value is -2.56. The van der Waals surface area contributed by atoms with Gasteiger partial charge in [-0.2, -0.15) is 8.42 Å². The van der Waals surface area contributed by atoms with E-state index in [0.717, 1.165) is 17.2 Å². The number of rotatable bonds is 7. The smallest absolute Gasteiger partial charge is 0.239 e. The third-order valence-electron chi connectivity index (χ3n) is 3.88. The largest absolute Gasteiger partial charge is 0.457 e. The minimum Gasteiger partial charge on any atom is -0.457 e. The molecule has 0 radical (unpaired) electrons. The summed E-state index contributed by atoms with van der Waals surface area (Å²) in [5.41, 5.74) is 5.48. The fourth-order valence-corrected chi connectivity index (χ4v) is 3.97. The van der Waals surface area contributed by atoms with Gasteiger partial charge in [-0.05, 0) is 44.4 Å². The molecule has 8 nitrogen and oxygen atoms in total. The number of carbonyl (C=O) groups excluding carboxylic acids is 1. The summed E-state index contributed by atoms with van der Waals surface area (Å²) < 4.78 is 28.9. The maximum absolute atomic E-state index is 12.2. The molecule has 1 unspecified atom stereocenters. The molecule has 1 aromatic rings. The maximum atomic E-state index is 12.2. The van der Waals surface area contributed by atoms with Crippen molar-refractivity contribution < 1.29 is 17.9 Å². The predicted molar refractivity (Wildman–Crippen MR) is 117 cm³/mol. The average Bonchev–Trinajstić information content (AvgIpc) is 2.68. The van der Waals surface area contributed by atoms with Gasteiger partial charge in [0.1, 0.15) is 11.5 Å². The number of benzene rings is 1. The molecule has 1 amide bonds. The lowest BCUT2D eigenvalue weighted by Crippen LogP contribution is -2.42. The summed E-state index contributed by atoms with van der Waals surface area (Å²) in [5, 5.41) is 2.35. The van der Waals surface area contributed by atoms with Crippen molar-refractivity contribution in [2.75, 3.05) is 33.4 Å². The van der Waals surface area contributed by atoms with Gasteiger partial charge in [-0.25, -0.2) is 0 Å². The van der Waals surface area contributed by atoms with Gasteiger partial charge >= 0.3 is 0 Å². The first-order chi connectivity index (χ1) is 13.8. The quantitative estimate of drug-likeness (QED) is 0.282. The van der Waals surface area contributed by atoms with E-state index in [1.54, 1.807) is 17.8 Å². The SMILES string of the molecule is CN=C(N)NC(=O)C1C=CC(Oc2ccc(SCCN(C)C)cc2)=CC1=S(=O)=O. The van der Waals surface area contributed by atoms with Crippen LogP contribution in [0.15, 0.2) is 58.1 Å². The number of hydrogen-bond acceptors (Lipinski definition) is 7. The van der Waals surface area contributed by atoms with Crippen molar-refractivity contribution in [2.45, 2.75) is 4.90 Å². The number of nitrogens with one attached hydrogen (secondary N) is 1. The van der Waals surface area contributed by atoms with Gasteiger partial charge < -0.3 is 15.4 Å². The van der Waals surface area contributed by atoms with Crippen LogP contribution in [-0.2, 0) is 15.1 Å². The topological polar surface area (TPSA) is 114 Å². The molecule has 1 aromatic carbocycles. The summed E-state index contributed by atoms with van der Waals surface area (Å²) in [7, 11) is 2.88. The average molecular weight is 437 g/mol. The highest BCUT2D eigenvalue weighted by atomic mass is 32.2. The molecular formula is C19H24N4O4S2. The number of nitrogens with two attached hydrogens (primary N) is 1. The van der Waals surface area contributed by atoms with Crippen molar-refractivity contribution in [1.29, 1.82) is 0 Å². The van der Waals surface area contributed by atoms with E-state index < -0.39 is 22.1 Å². The highest BCUT2D eigenvalue weighted by Gasteiger charge is 2.26. The highest BCUT2D eigenvalue weighted by Crippen LogP contribution is 2.24. The number of amides is 1. The second-order valence-corrected chi connectivity index (χ2v) is 8.45. The molecule has 0 bridgehead atoms. The molecule has 1 atom stereocenters. The van der Waals surface area contributed by atoms with Gasteiger partial charge in [0.25, 0.3) is 0 Å². The molecule has 10 heteroatoms. The lowest BCUT2D eigenvalue weighted by atomic mass is 9.99. The van der Waals surface area contributed by atoms with Crippen LogP contribution in [-0.4, -0.2) is 63.5 Å². The van der Waals surface area contributed by atoms with E-state index in [4.69, 9.17) is 10.5 Å². The van der Waals surface area contributed by atoms with Crippen molar-refractivity contribution in [3.05, 3.63) is 48.3 Å². The Balaban J connectivity index is 2.07. The van der Waals surface area contributed by atoms with Crippen LogP contribution in [0, 0.1) is 5.92 Å². The van der Waals surface area contributed by atoms with E-state index in [0.29, 0.717) is 11.5 Å². The Morgan fingerprint density at radius 3 is 2.59 bits per heavy atom. The van der Waals surface area contributed by atoms with Gasteiger partial charge in [-0.15, -0.1) is 11.8 Å². The normalized spacial score (nSPS) is 16.6. The summed E-state index contributed by atoms with van der Waals surface area (Å²) in [6, 6.07) is 7.53. The first kappa shape index (κ1) is 22.7. The molecule has 1 aliphatic carbocycles. The van der Waals surface area contributed by atoms with Gasteiger partial charge in [0, 0.05) is 30.3 Å². The zero-order chi connectivity index (χ0) is 21.4. The minimum absolute atomic E-state index is 0.0889. The molecule has 156 valence electrons. The summed E-state index contributed by atoms with van der Waals surface area (Å²) >= 11 is 1.74. The molecule has 0 saturated heterocycles. The Labute approximate surface area is 176 Å². The fraction of sp³-hybridized carbons (Fsp3) is 0.316. The van der Waals surface area contributed by atoms with E-state index in [9.17, 15) is 13.2 Å². The van der Waals surface area contributed by atoms with Crippen LogP contribution >= 0.6 is 11.8 Å². The van der Waals surface area contributed by atoms with Crippen molar-refractivity contribution in [3.63, 3.8) is 0 Å². The molecular weight excluding hydrogens is 412 g/mol. The number of aliphatic imine (C=N–C) groups is 1. The number of guanidine groups is 1. The molecule has 0 aromatic heterocycles. The Morgan fingerprint density at radius 2 is 2.00 bits per heavy atom. The van der Waals surface area contributed by atoms with Crippen molar-refractivity contribution >= 4 is 38.8 Å². The molecule has 3 N–H and O–H groups in total. The number of hydrogen-bond donors (Lipinski definition) is 2. The summed E-state index contributed by atoms with van der Waals surface area (Å²) in [5.74, 6) is 0.187. The molecule has 0 saturated carbocycles. The first-order valence-electron chi connectivity index (χ1n) is 8.74. The van der Waals surface area contributed by atoms with Crippen LogP contribution < -0.4 is 15.8 Å². The molecule has 0 heterocycles. The van der Waals surface area contributed by atoms with E-state index in [1.165, 1.54) is 19.2 Å². The molecule has 2 rings (SSSR count). The Kier molecular flexibility index (Phi) is 8.50. The maximum Gasteiger partial charge on any atom is 0.239 e. The molecule has 0 aliphatic heterocycles. The lowest BCUT2D eigenvalue weighted by Gasteiger charge is -2.17. The van der Waals surface area contributed by atoms with Crippen LogP contribution in [0.2, 0.25) is 0 Å². The lowest BCUT2D eigenvalue weighted by molar-refractivity contribution is -0.120. The number of ether oxygens (including phenoxy) is 1. The van der Waals surface area contributed by atoms with Crippen LogP contribution in [0.4, 0.5) is 0 Å². The zero-order valence-corrected chi connectivity index (χ0v) is 18.1. The van der Waals surface area contributed by atoms with Crippen molar-refractivity contribution in [1.82, 2.24) is 10.2 Å². The van der Waals surface area contributed by atoms with E-state index >= 15 is 0 Å². The fourth-order valence-electron chi connectivity index (χ4n) is 2.34. The summed E-state index contributed by atoms with van der Waals surface area (Å²) in [6.07, 6.45) is 4.33. The van der Waals surface area contributed by atoms with E-state index in [2.05, 4.69) is 15.2 Å². The second kappa shape index (κ2) is 10.8. The first-order valence-corrected chi connectivity index (χ1v) is 10.8. The van der Waals surface area contributed by atoms with Crippen molar-refractivity contribution in [2.24, 2.45) is 16.6 Å². The van der Waals surface area contributed by atoms with E-state index in [1.807, 2.05) is 38.4 Å². The van der Waals surface area contributed by atoms with Crippen LogP contribution in [0.1, 0.15) is 0 Å². The van der Waals surface area contributed by atoms with E-state index in [-0.39, 0.29) is 10.8 Å². The highest BCUT2D eigenvalue weighted by molar-refractivity contribution is 7.99. The number of carbonyl (C=O) groups is 1. The summed E-state index contributed by atoms with van der Waals surface area (Å²) in [4.78, 5) is 19.0. The Bertz CT molecular complexity index is 956. The number of thioether (sulfide) groups is 1. The van der Waals surface area contributed by atoms with Gasteiger partial charge in [0.05, 0.1) is 10.8 Å². The van der Waals surface area contributed by atoms with Gasteiger partial charge in [-0.1, -0.05) is 6.08 Å². The third kappa shape index (κ3) is 7.08. The standard InChI is InChI=1S/C19H24N4O4S2/c1-21-19(20)22-18(24)16-9-6-14(12-17(16)29(25)26)27-13-4-7-15(8-5-13)28-11-10-23(2)3/h4-9,12,16H,10-11H2,1-3H3,(H3,20,21,22,24). The van der Waals surface area contributed by atoms with Gasteiger partial charge in [0.2, 0.25) is 16.2 Å². The Morgan fingerprint density at radius 1 is 1.31 bits per heavy atom. The molecule has 0 fully saturated rings. The molecule has 29 heavy (non-hydrogen) atoms. The second-order valence-electron chi connectivity index (χ2n) is 6.34. The third-order valence-corrected chi connectivity index (χ3v) is 5.63. The number of allylic oxidation sites excluding steroid dienone is 2. The monoisotopic (exact) mass is 436 g/mol. The summed E-state index contributed by atoms with van der Waals surface area (Å²) in [6.45, 7) is 0.982. The van der Waals surface area contributed by atoms with Gasteiger partial charge in [-0.3, -0.25) is 15.1 Å². The van der Waals surface area contributed by atoms with Crippen molar-refractivity contribution in [3.8, 4) is 5.75 Å². The van der Waals surface area contributed by atoms with Crippen LogP contribution in [0.5, 0.6) is 5.75 Å². The number of nitrogens with zero attached hydrogens (tertiary/aromatic N) is 2. The van der Waals surface area contributed by atoms with Crippen LogP contribution in [0.25, 0.3) is 0 Å². The minimum atomic E-state index is -2.60. The predicted octanol–water partition coefficient (Wildman–Crippen LogP) is 0.901. The molecule has 0 spiro atoms. The molecule has 1 aliphatic rings. The van der Waals surface area contributed by atoms with Gasteiger partial charge in [0.15, 0.2) is 5.96 Å². The zero-order valence-electron chi connectivity index (χ0n) is 16.5.